The Morgan fingerprint density at radius 2 is 1.96 bits per heavy atom. The van der Waals surface area contributed by atoms with Gasteiger partial charge in [-0.15, -0.1) is 11.3 Å². The SMILES string of the molecule is COc1ccc(-c2csc(CCC(=O)N3CCC(=O)c4ccccc43)n2)cc1. The normalized spacial score (nSPS) is 13.3. The third-order valence-electron chi connectivity index (χ3n) is 4.85. The molecule has 4 rings (SSSR count). The molecule has 0 saturated heterocycles. The van der Waals surface area contributed by atoms with Gasteiger partial charge in [-0.25, -0.2) is 4.98 Å². The molecule has 5 nitrogen and oxygen atoms in total. The van der Waals surface area contributed by atoms with Crippen LogP contribution >= 0.6 is 11.3 Å². The van der Waals surface area contributed by atoms with E-state index < -0.39 is 0 Å². The Hall–Kier alpha value is -2.99. The van der Waals surface area contributed by atoms with Crippen LogP contribution in [0.1, 0.15) is 28.2 Å². The number of carbonyl (C=O) groups is 2. The number of aromatic nitrogens is 1. The van der Waals surface area contributed by atoms with Gasteiger partial charge in [0.2, 0.25) is 5.91 Å². The highest BCUT2D eigenvalue weighted by atomic mass is 32.1. The molecule has 0 spiro atoms. The Kier molecular flexibility index (Phi) is 5.21. The van der Waals surface area contributed by atoms with Crippen molar-refractivity contribution >= 4 is 28.7 Å². The number of Topliss-reactive ketones (excluding diaryl/α,β-unsaturated/α-hetero) is 1. The maximum absolute atomic E-state index is 12.8. The van der Waals surface area contributed by atoms with Crippen LogP contribution in [0.25, 0.3) is 11.3 Å². The molecule has 0 fully saturated rings. The summed E-state index contributed by atoms with van der Waals surface area (Å²) in [5.74, 6) is 0.940. The summed E-state index contributed by atoms with van der Waals surface area (Å²) in [6, 6.07) is 15.1. The van der Waals surface area contributed by atoms with Crippen molar-refractivity contribution in [1.82, 2.24) is 4.98 Å². The molecular formula is C22H20N2O3S. The van der Waals surface area contributed by atoms with E-state index in [2.05, 4.69) is 4.98 Å². The van der Waals surface area contributed by atoms with E-state index in [0.29, 0.717) is 31.4 Å². The van der Waals surface area contributed by atoms with E-state index >= 15 is 0 Å². The van der Waals surface area contributed by atoms with Crippen LogP contribution in [0.3, 0.4) is 0 Å². The topological polar surface area (TPSA) is 59.5 Å². The average Bonchev–Trinajstić information content (AvgIpc) is 3.22. The number of carbonyl (C=O) groups excluding carboxylic acids is 2. The van der Waals surface area contributed by atoms with E-state index in [9.17, 15) is 9.59 Å². The van der Waals surface area contributed by atoms with E-state index in [-0.39, 0.29) is 11.7 Å². The van der Waals surface area contributed by atoms with E-state index in [1.54, 1.807) is 29.4 Å². The number of hydrogen-bond acceptors (Lipinski definition) is 5. The number of nitrogens with zero attached hydrogens (tertiary/aromatic N) is 2. The standard InChI is InChI=1S/C22H20N2O3S/c1-27-16-8-6-15(7-9-16)18-14-28-21(23-18)10-11-22(26)24-13-12-20(25)17-4-2-3-5-19(17)24/h2-9,14H,10-13H2,1H3. The number of methoxy groups -OCH3 is 1. The third kappa shape index (κ3) is 3.68. The Morgan fingerprint density at radius 3 is 2.75 bits per heavy atom. The molecule has 28 heavy (non-hydrogen) atoms. The van der Waals surface area contributed by atoms with Crippen LogP contribution in [0.15, 0.2) is 53.9 Å². The van der Waals surface area contributed by atoms with Gasteiger partial charge in [-0.3, -0.25) is 9.59 Å². The minimum Gasteiger partial charge on any atom is -0.497 e. The Labute approximate surface area is 167 Å². The predicted octanol–water partition coefficient (Wildman–Crippen LogP) is 4.37. The molecule has 6 heteroatoms. The summed E-state index contributed by atoms with van der Waals surface area (Å²) in [4.78, 5) is 31.2. The average molecular weight is 392 g/mol. The van der Waals surface area contributed by atoms with Crippen molar-refractivity contribution in [1.29, 1.82) is 0 Å². The largest absolute Gasteiger partial charge is 0.497 e. The first-order valence-electron chi connectivity index (χ1n) is 9.17. The molecular weight excluding hydrogens is 372 g/mol. The molecule has 1 aromatic heterocycles. The number of ether oxygens (including phenoxy) is 1. The molecule has 1 aliphatic heterocycles. The van der Waals surface area contributed by atoms with Crippen LogP contribution in [0, 0.1) is 0 Å². The van der Waals surface area contributed by atoms with E-state index in [0.717, 1.165) is 27.7 Å². The van der Waals surface area contributed by atoms with Crippen molar-refractivity contribution in [3.8, 4) is 17.0 Å². The molecule has 1 aliphatic rings. The summed E-state index contributed by atoms with van der Waals surface area (Å²) in [5.41, 5.74) is 3.29. The fraction of sp³-hybridized carbons (Fsp3) is 0.227. The number of fused-ring (bicyclic) bond motifs is 1. The predicted molar refractivity (Wildman–Crippen MR) is 110 cm³/mol. The molecule has 142 valence electrons. The first kappa shape index (κ1) is 18.4. The van der Waals surface area contributed by atoms with Gasteiger partial charge in [0.05, 0.1) is 23.5 Å². The maximum atomic E-state index is 12.8. The van der Waals surface area contributed by atoms with Crippen molar-refractivity contribution in [2.45, 2.75) is 19.3 Å². The number of hydrogen-bond donors (Lipinski definition) is 0. The summed E-state index contributed by atoms with van der Waals surface area (Å²) in [5, 5.41) is 2.94. The van der Waals surface area contributed by atoms with Crippen LogP contribution in [-0.2, 0) is 11.2 Å². The van der Waals surface area contributed by atoms with E-state index in [4.69, 9.17) is 4.74 Å². The number of amides is 1. The smallest absolute Gasteiger partial charge is 0.227 e. The molecule has 0 bridgehead atoms. The second-order valence-corrected chi connectivity index (χ2v) is 7.53. The lowest BCUT2D eigenvalue weighted by Gasteiger charge is -2.28. The molecule has 0 atom stereocenters. The quantitative estimate of drug-likeness (QED) is 0.647. The van der Waals surface area contributed by atoms with Gasteiger partial charge in [-0.2, -0.15) is 0 Å². The minimum absolute atomic E-state index is 0.0288. The lowest BCUT2D eigenvalue weighted by Crippen LogP contribution is -2.37. The van der Waals surface area contributed by atoms with Crippen molar-refractivity contribution in [2.75, 3.05) is 18.6 Å². The summed E-state index contributed by atoms with van der Waals surface area (Å²) in [6.45, 7) is 0.448. The summed E-state index contributed by atoms with van der Waals surface area (Å²) >= 11 is 1.56. The number of ketones is 1. The molecule has 0 N–H and O–H groups in total. The minimum atomic E-state index is 0.0288. The number of anilines is 1. The molecule has 0 saturated carbocycles. The van der Waals surface area contributed by atoms with Crippen LogP contribution in [0.2, 0.25) is 0 Å². The van der Waals surface area contributed by atoms with Gasteiger partial charge in [0, 0.05) is 42.3 Å². The fourth-order valence-corrected chi connectivity index (χ4v) is 4.15. The van der Waals surface area contributed by atoms with Gasteiger partial charge in [-0.05, 0) is 36.4 Å². The zero-order valence-corrected chi connectivity index (χ0v) is 16.4. The number of thiazole rings is 1. The zero-order valence-electron chi connectivity index (χ0n) is 15.6. The maximum Gasteiger partial charge on any atom is 0.227 e. The van der Waals surface area contributed by atoms with Crippen molar-refractivity contribution in [2.24, 2.45) is 0 Å². The van der Waals surface area contributed by atoms with Gasteiger partial charge < -0.3 is 9.64 Å². The van der Waals surface area contributed by atoms with Gasteiger partial charge >= 0.3 is 0 Å². The first-order valence-corrected chi connectivity index (χ1v) is 10.0. The number of benzene rings is 2. The van der Waals surface area contributed by atoms with Crippen molar-refractivity contribution < 1.29 is 14.3 Å². The number of para-hydroxylation sites is 1. The molecule has 0 unspecified atom stereocenters. The highest BCUT2D eigenvalue weighted by Crippen LogP contribution is 2.28. The monoisotopic (exact) mass is 392 g/mol. The number of rotatable bonds is 5. The Balaban J connectivity index is 1.42. The van der Waals surface area contributed by atoms with Crippen LogP contribution in [0.5, 0.6) is 5.75 Å². The van der Waals surface area contributed by atoms with Gasteiger partial charge in [0.1, 0.15) is 5.75 Å². The van der Waals surface area contributed by atoms with Crippen molar-refractivity contribution in [3.05, 3.63) is 64.5 Å². The van der Waals surface area contributed by atoms with Crippen molar-refractivity contribution in [3.63, 3.8) is 0 Å². The van der Waals surface area contributed by atoms with Gasteiger partial charge in [0.25, 0.3) is 0 Å². The summed E-state index contributed by atoms with van der Waals surface area (Å²) in [7, 11) is 1.64. The summed E-state index contributed by atoms with van der Waals surface area (Å²) in [6.07, 6.45) is 1.34. The lowest BCUT2D eigenvalue weighted by atomic mass is 10.00. The fourth-order valence-electron chi connectivity index (χ4n) is 3.34. The van der Waals surface area contributed by atoms with Gasteiger partial charge in [-0.1, -0.05) is 12.1 Å². The molecule has 2 aromatic carbocycles. The number of aryl methyl sites for hydroxylation is 1. The summed E-state index contributed by atoms with van der Waals surface area (Å²) < 4.78 is 5.18. The van der Waals surface area contributed by atoms with Crippen LogP contribution < -0.4 is 9.64 Å². The second-order valence-electron chi connectivity index (χ2n) is 6.59. The Morgan fingerprint density at radius 1 is 1.18 bits per heavy atom. The molecule has 0 radical (unpaired) electrons. The van der Waals surface area contributed by atoms with E-state index in [1.165, 1.54) is 0 Å². The lowest BCUT2D eigenvalue weighted by molar-refractivity contribution is -0.118. The Bertz CT molecular complexity index is 1010. The molecule has 1 amide bonds. The third-order valence-corrected chi connectivity index (χ3v) is 5.76. The zero-order chi connectivity index (χ0) is 19.5. The second kappa shape index (κ2) is 7.94. The van der Waals surface area contributed by atoms with E-state index in [1.807, 2.05) is 47.8 Å². The highest BCUT2D eigenvalue weighted by molar-refractivity contribution is 7.09. The van der Waals surface area contributed by atoms with Gasteiger partial charge in [0.15, 0.2) is 5.78 Å². The first-order chi connectivity index (χ1) is 13.7. The van der Waals surface area contributed by atoms with Crippen LogP contribution in [-0.4, -0.2) is 30.3 Å². The molecule has 2 heterocycles. The molecule has 3 aromatic rings. The highest BCUT2D eigenvalue weighted by Gasteiger charge is 2.26. The van der Waals surface area contributed by atoms with Crippen LogP contribution in [0.4, 0.5) is 5.69 Å². The molecule has 0 aliphatic carbocycles.